The summed E-state index contributed by atoms with van der Waals surface area (Å²) in [4.78, 5) is 86.0. The van der Waals surface area contributed by atoms with Crippen molar-refractivity contribution in [3.05, 3.63) is 237 Å². The lowest BCUT2D eigenvalue weighted by atomic mass is 10.0. The van der Waals surface area contributed by atoms with Gasteiger partial charge in [0.1, 0.15) is 54.6 Å². The molecule has 710 valence electrons. The van der Waals surface area contributed by atoms with E-state index in [0.29, 0.717) is 102 Å². The summed E-state index contributed by atoms with van der Waals surface area (Å²) in [6, 6.07) is 46.5. The minimum Gasteiger partial charge on any atom is -0.544 e. The largest absolute Gasteiger partial charge is 0.544 e. The van der Waals surface area contributed by atoms with Gasteiger partial charge in [-0.15, -0.1) is 0 Å². The molecule has 7 aromatic carbocycles. The topological polar surface area (TPSA) is 642 Å². The Hall–Kier alpha value is -10.7. The van der Waals surface area contributed by atoms with E-state index in [4.69, 9.17) is 71.1 Å². The Morgan fingerprint density at radius 3 is 0.907 bits per heavy atom. The summed E-state index contributed by atoms with van der Waals surface area (Å²) in [7, 11) is 12.2. The first kappa shape index (κ1) is 111. The molecule has 3 aliphatic rings. The van der Waals surface area contributed by atoms with Gasteiger partial charge in [-0.2, -0.15) is 0 Å². The zero-order valence-corrected chi connectivity index (χ0v) is 74.4. The van der Waals surface area contributed by atoms with Crippen LogP contribution in [0, 0.1) is 0 Å². The number of aliphatic carboxylic acids is 7. The molecule has 3 heterocycles. The van der Waals surface area contributed by atoms with Crippen LogP contribution in [-0.2, 0) is 158 Å². The third kappa shape index (κ3) is 44.0. The number of Topliss-reactive ketones (excluding diaryl/α,β-unsaturated/α-hetero) is 1. The van der Waals surface area contributed by atoms with Crippen molar-refractivity contribution in [3.63, 3.8) is 0 Å². The highest BCUT2D eigenvalue weighted by molar-refractivity contribution is 5.98. The summed E-state index contributed by atoms with van der Waals surface area (Å²) in [5, 5.41) is 77.4. The summed E-state index contributed by atoms with van der Waals surface area (Å²) >= 11 is 0. The Balaban J connectivity index is 0.000000315. The molecule has 7 unspecified atom stereocenters. The molecule has 7 aromatic rings. The first-order valence-corrected chi connectivity index (χ1v) is 41.4. The van der Waals surface area contributed by atoms with Crippen LogP contribution in [0.1, 0.15) is 97.0 Å². The first-order chi connectivity index (χ1) is 61.7. The lowest BCUT2D eigenvalue weighted by Gasteiger charge is -2.23. The number of methoxy groups -OCH3 is 8. The Labute approximate surface area is 749 Å². The number of carboxylic acid groups (broad SMARTS) is 7. The zero-order chi connectivity index (χ0) is 95.3. The van der Waals surface area contributed by atoms with Crippen molar-refractivity contribution in [2.75, 3.05) is 115 Å². The molecule has 3 saturated heterocycles. The van der Waals surface area contributed by atoms with E-state index in [1.807, 2.05) is 121 Å². The first-order valence-electron chi connectivity index (χ1n) is 41.4. The third-order valence-corrected chi connectivity index (χ3v) is 19.6. The van der Waals surface area contributed by atoms with Crippen molar-refractivity contribution in [2.45, 2.75) is 157 Å². The van der Waals surface area contributed by atoms with Gasteiger partial charge >= 0.3 is 0 Å². The van der Waals surface area contributed by atoms with Gasteiger partial charge in [0.25, 0.3) is 0 Å². The van der Waals surface area contributed by atoms with Crippen LogP contribution in [0.25, 0.3) is 0 Å². The lowest BCUT2D eigenvalue weighted by Crippen LogP contribution is -2.69. The average Bonchev–Trinajstić information content (AvgIpc) is 1.84. The summed E-state index contributed by atoms with van der Waals surface area (Å²) in [6.07, 6.45) is 2.93. The van der Waals surface area contributed by atoms with Crippen molar-refractivity contribution in [1.82, 2.24) is 0 Å². The van der Waals surface area contributed by atoms with Gasteiger partial charge in [0.05, 0.1) is 81.4 Å². The van der Waals surface area contributed by atoms with E-state index in [-0.39, 0.29) is 50.3 Å². The number of benzene rings is 7. The fourth-order valence-electron chi connectivity index (χ4n) is 12.0. The highest BCUT2D eigenvalue weighted by atomic mass is 16.7. The molecule has 0 bridgehead atoms. The highest BCUT2D eigenvalue weighted by Crippen LogP contribution is 2.26. The lowest BCUT2D eigenvalue weighted by molar-refractivity contribution is -0.437. The second kappa shape index (κ2) is 61.7. The van der Waals surface area contributed by atoms with Gasteiger partial charge in [-0.3, -0.25) is 4.79 Å². The van der Waals surface area contributed by atoms with Crippen molar-refractivity contribution in [3.8, 4) is 5.75 Å². The van der Waals surface area contributed by atoms with Crippen LogP contribution in [0.4, 0.5) is 5.69 Å². The summed E-state index contributed by atoms with van der Waals surface area (Å²) in [5.74, 6) is -7.60. The zero-order valence-electron chi connectivity index (χ0n) is 74.4. The number of rotatable bonds is 44. The Morgan fingerprint density at radius 2 is 0.597 bits per heavy atom. The molecule has 10 rings (SSSR count). The predicted molar refractivity (Wildman–Crippen MR) is 444 cm³/mol. The van der Waals surface area contributed by atoms with Gasteiger partial charge in [-0.25, -0.2) is 0 Å². The highest BCUT2D eigenvalue weighted by Gasteiger charge is 2.24. The van der Waals surface area contributed by atoms with E-state index >= 15 is 0 Å². The Kier molecular flexibility index (Phi) is 52.9. The van der Waals surface area contributed by atoms with E-state index < -0.39 is 96.7 Å². The second-order valence-electron chi connectivity index (χ2n) is 29.7. The average molecular weight is 1810 g/mol. The van der Waals surface area contributed by atoms with Crippen LogP contribution in [0.15, 0.2) is 170 Å². The molecule has 0 aliphatic carbocycles. The number of carboxylic acids is 7. The number of anilines is 1. The van der Waals surface area contributed by atoms with E-state index in [0.717, 1.165) is 86.3 Å². The molecule has 7 atom stereocenters. The molecule has 38 heteroatoms. The Morgan fingerprint density at radius 1 is 0.326 bits per heavy atom. The fraction of sp³-hybridized carbons (Fsp3) is 0.451. The minimum atomic E-state index is -1.20. The number of ether oxygens (including phenoxy) is 15. The third-order valence-electron chi connectivity index (χ3n) is 19.6. The van der Waals surface area contributed by atoms with Crippen LogP contribution < -0.4 is 85.9 Å². The minimum absolute atomic E-state index is 0.153. The van der Waals surface area contributed by atoms with E-state index in [1.54, 1.807) is 77.0 Å². The molecule has 0 aromatic heterocycles. The second-order valence-corrected chi connectivity index (χ2v) is 29.7. The number of hydrogen-bond acceptors (Lipinski definition) is 31. The van der Waals surface area contributed by atoms with Crippen molar-refractivity contribution in [1.29, 1.82) is 0 Å². The molecule has 3 aliphatic heterocycles. The SMILES string of the molecule is COC(CCNc1ccc(CC([NH3+])C(=O)[O-])cc1)OC.COC(COc1ccc(CC([NH3+])C(=O)[O-])cc1)OC.COC(Cc1ccc(CC([NH3+])C(=O)[O-])cc1)OC.COC(OC)C(=O)c1ccc(CC([NH3+])C(=O)[O-])cc1.[NH3+]C(Cc1ccc(C2OCCCO2)cc1)C(=O)[O-].[NH3+]C(Cc1ccc(C2OCCO2)cc1)C(=O)[O-].[NH3+]C(Cc1ccc(CC2OCCO2)cc1)C(=O)[O-]. The van der Waals surface area contributed by atoms with Crippen LogP contribution >= 0.6 is 0 Å². The van der Waals surface area contributed by atoms with Gasteiger partial charge in [0.2, 0.25) is 12.1 Å². The van der Waals surface area contributed by atoms with Crippen molar-refractivity contribution < 1.29 is 185 Å². The van der Waals surface area contributed by atoms with Gasteiger partial charge in [-0.05, 0) is 80.8 Å². The maximum absolute atomic E-state index is 11.9. The van der Waals surface area contributed by atoms with Crippen LogP contribution in [0.3, 0.4) is 0 Å². The molecule has 129 heavy (non-hydrogen) atoms. The van der Waals surface area contributed by atoms with E-state index in [1.165, 1.54) is 28.4 Å². The van der Waals surface area contributed by atoms with Crippen LogP contribution in [-0.4, -0.2) is 231 Å². The summed E-state index contributed by atoms with van der Waals surface area (Å²) in [5.41, 5.74) is 36.4. The van der Waals surface area contributed by atoms with Crippen LogP contribution in [0.2, 0.25) is 0 Å². The molecular formula is C91H126N8O30. The molecule has 38 nitrogen and oxygen atoms in total. The smallest absolute Gasteiger partial charge is 0.222 e. The van der Waals surface area contributed by atoms with Crippen molar-refractivity contribution in [2.24, 2.45) is 0 Å². The number of nitrogens with one attached hydrogen (secondary N) is 1. The number of carbonyl (C=O) groups excluding carboxylic acids is 8. The normalized spacial score (nSPS) is 14.8. The number of ketones is 1. The maximum atomic E-state index is 11.9. The summed E-state index contributed by atoms with van der Waals surface area (Å²) < 4.78 is 78.0. The molecular weight excluding hydrogens is 1690 g/mol. The number of quaternary nitrogens is 7. The Bertz CT molecular complexity index is 4280. The molecule has 0 amide bonds. The molecule has 22 N–H and O–H groups in total. The van der Waals surface area contributed by atoms with Gasteiger partial charge < -0.3 is 186 Å². The quantitative estimate of drug-likeness (QED) is 0.0130. The van der Waals surface area contributed by atoms with Crippen molar-refractivity contribution >= 4 is 53.3 Å². The van der Waals surface area contributed by atoms with E-state index in [2.05, 4.69) is 45.5 Å². The molecule has 0 spiro atoms. The molecule has 0 radical (unpaired) electrons. The van der Waals surface area contributed by atoms with Gasteiger partial charge in [-0.1, -0.05) is 146 Å². The van der Waals surface area contributed by atoms with E-state index in [9.17, 15) is 74.1 Å². The van der Waals surface area contributed by atoms with Gasteiger partial charge in [0, 0.05) is 150 Å². The predicted octanol–water partition coefficient (Wildman–Crippen LogP) is -9.10. The standard InChI is InChI=1S/C14H22N2O4.C13H19NO5.C13H17NO5.2C13H17NO4.C13H19NO4.C12H15NO4/c1-19-13(20-2)7-8-16-11-5-3-10(4-6-11)9-12(15)14(17)18;1-17-12(18-2)8-19-10-5-3-9(4-6-10)7-11(14)13(15)16;1-18-13(19-2)11(15)9-5-3-8(4-6-9)7-10(14)12(16)17;14-11(12(15)16)8-9-2-4-10(5-3-9)13-17-6-1-7-18-13;14-11(13(15)16)7-9-1-3-10(4-2-9)8-12-17-5-6-18-12;1-17-12(18-2)8-10-5-3-9(4-6-10)7-11(14)13(15)16;13-10(11(14)15)7-8-1-3-9(4-2-8)12-16-5-6-17-12/h3-6,12-13,16H,7-9,15H2,1-2H3,(H,17,18);3-6,11-12H,7-8,14H2,1-2H3,(H,15,16);3-6,10,13H,7,14H2,1-2H3,(H,16,17);2-5,11,13H,1,6-8,14H2,(H,15,16);1-4,11-12H,5-8,14H2,(H,15,16);3-6,11-12H,7-8,14H2,1-2H3,(H,15,16);1-4,10,12H,5-7,13H2,(H,14,15). The molecule has 0 saturated carbocycles. The molecule has 3 fully saturated rings. The summed E-state index contributed by atoms with van der Waals surface area (Å²) in [6.45, 7) is 4.94. The number of hydrogen-bond donors (Lipinski definition) is 8. The monoisotopic (exact) mass is 1810 g/mol. The fourth-order valence-corrected chi connectivity index (χ4v) is 12.0. The number of carbonyl (C=O) groups is 8. The maximum Gasteiger partial charge on any atom is 0.222 e. The van der Waals surface area contributed by atoms with Gasteiger partial charge in [0.15, 0.2) is 37.7 Å². The van der Waals surface area contributed by atoms with Crippen LogP contribution in [0.5, 0.6) is 5.75 Å².